The second-order valence-electron chi connectivity index (χ2n) is 9.30. The molecular formula is C25H23N5O5. The molecule has 2 aromatic rings. The van der Waals surface area contributed by atoms with Crippen LogP contribution in [-0.4, -0.2) is 70.7 Å². The first kappa shape index (κ1) is 21.5. The maximum atomic E-state index is 13.1. The molecule has 3 amide bonds. The fraction of sp³-hybridized carbons (Fsp3) is 0.360. The Morgan fingerprint density at radius 2 is 1.69 bits per heavy atom. The lowest BCUT2D eigenvalue weighted by atomic mass is 9.82. The van der Waals surface area contributed by atoms with Crippen LogP contribution < -0.4 is 9.64 Å². The highest BCUT2D eigenvalue weighted by molar-refractivity contribution is 6.25. The third-order valence-electron chi connectivity index (χ3n) is 7.19. The number of nitrogens with zero attached hydrogens (tertiary/aromatic N) is 5. The first-order valence-corrected chi connectivity index (χ1v) is 11.7. The quantitative estimate of drug-likeness (QED) is 0.631. The number of imide groups is 1. The van der Waals surface area contributed by atoms with E-state index in [0.29, 0.717) is 49.4 Å². The van der Waals surface area contributed by atoms with Gasteiger partial charge in [-0.25, -0.2) is 4.90 Å². The minimum absolute atomic E-state index is 0.0579. The number of carbonyl (C=O) groups is 4. The van der Waals surface area contributed by atoms with E-state index in [9.17, 15) is 19.2 Å². The fourth-order valence-electron chi connectivity index (χ4n) is 5.31. The van der Waals surface area contributed by atoms with Crippen molar-refractivity contribution in [3.05, 3.63) is 60.2 Å². The van der Waals surface area contributed by atoms with Crippen LogP contribution in [0.15, 0.2) is 64.9 Å². The van der Waals surface area contributed by atoms with Crippen molar-refractivity contribution in [2.75, 3.05) is 24.5 Å². The number of rotatable bonds is 3. The van der Waals surface area contributed by atoms with Gasteiger partial charge in [-0.2, -0.15) is 5.11 Å². The van der Waals surface area contributed by atoms with Crippen molar-refractivity contribution in [1.82, 2.24) is 9.91 Å². The van der Waals surface area contributed by atoms with Gasteiger partial charge in [0.1, 0.15) is 17.9 Å². The zero-order valence-corrected chi connectivity index (χ0v) is 18.9. The predicted molar refractivity (Wildman–Crippen MR) is 123 cm³/mol. The molecule has 1 spiro atoms. The first-order chi connectivity index (χ1) is 17.0. The van der Waals surface area contributed by atoms with Gasteiger partial charge in [0.15, 0.2) is 17.9 Å². The van der Waals surface area contributed by atoms with E-state index in [2.05, 4.69) is 10.3 Å². The van der Waals surface area contributed by atoms with Crippen molar-refractivity contribution in [1.29, 1.82) is 0 Å². The summed E-state index contributed by atoms with van der Waals surface area (Å²) in [5.74, 6) is -0.430. The number of hydrogen-bond acceptors (Lipinski definition) is 8. The smallest absolute Gasteiger partial charge is 0.263 e. The van der Waals surface area contributed by atoms with Crippen molar-refractivity contribution in [2.45, 2.75) is 36.9 Å². The van der Waals surface area contributed by atoms with Crippen LogP contribution in [0.2, 0.25) is 0 Å². The molecule has 2 saturated heterocycles. The summed E-state index contributed by atoms with van der Waals surface area (Å²) in [6.45, 7) is 0.703. The number of carbonyl (C=O) groups excluding carboxylic acids is 4. The third kappa shape index (κ3) is 3.48. The Labute approximate surface area is 201 Å². The number of ketones is 1. The molecule has 2 atom stereocenters. The summed E-state index contributed by atoms with van der Waals surface area (Å²) in [4.78, 5) is 54.4. The van der Waals surface area contributed by atoms with Crippen molar-refractivity contribution in [2.24, 2.45) is 10.3 Å². The monoisotopic (exact) mass is 473 g/mol. The molecule has 0 N–H and O–H groups in total. The number of piperidine rings is 1. The van der Waals surface area contributed by atoms with Crippen LogP contribution in [0.1, 0.15) is 29.6 Å². The number of amides is 3. The summed E-state index contributed by atoms with van der Waals surface area (Å²) in [6.07, 6.45) is 1.36. The van der Waals surface area contributed by atoms with Gasteiger partial charge in [0, 0.05) is 25.9 Å². The van der Waals surface area contributed by atoms with Gasteiger partial charge in [-0.1, -0.05) is 35.6 Å². The molecule has 0 bridgehead atoms. The number of ether oxygens (including phenoxy) is 1. The van der Waals surface area contributed by atoms with Crippen molar-refractivity contribution in [3.63, 3.8) is 0 Å². The number of fused-ring (bicyclic) bond motifs is 2. The SMILES string of the molecule is O=C1CC2(CCN(C(=O)CN3N=NC4C(=O)N(c5ccccc5)C(=O)C43)CC2)Oc2ccccc21. The minimum atomic E-state index is -0.943. The van der Waals surface area contributed by atoms with Gasteiger partial charge in [-0.15, -0.1) is 0 Å². The molecule has 0 radical (unpaired) electrons. The van der Waals surface area contributed by atoms with E-state index in [0.717, 1.165) is 4.90 Å². The maximum absolute atomic E-state index is 13.1. The molecule has 6 rings (SSSR count). The summed E-state index contributed by atoms with van der Waals surface area (Å²) >= 11 is 0. The van der Waals surface area contributed by atoms with Crippen molar-refractivity contribution < 1.29 is 23.9 Å². The van der Waals surface area contributed by atoms with Crippen LogP contribution in [0, 0.1) is 0 Å². The molecule has 4 heterocycles. The molecule has 0 saturated carbocycles. The Balaban J connectivity index is 1.11. The predicted octanol–water partition coefficient (Wildman–Crippen LogP) is 2.01. The van der Waals surface area contributed by atoms with Crippen LogP contribution in [0.25, 0.3) is 0 Å². The lowest BCUT2D eigenvalue weighted by Crippen LogP contribution is -2.54. The summed E-state index contributed by atoms with van der Waals surface area (Å²) < 4.78 is 6.24. The second kappa shape index (κ2) is 8.00. The molecule has 178 valence electrons. The fourth-order valence-corrected chi connectivity index (χ4v) is 5.31. The highest BCUT2D eigenvalue weighted by Crippen LogP contribution is 2.39. The lowest BCUT2D eigenvalue weighted by molar-refractivity contribution is -0.137. The molecule has 0 aromatic heterocycles. The number of para-hydroxylation sites is 2. The number of likely N-dealkylation sites (tertiary alicyclic amines) is 1. The average Bonchev–Trinajstić information content (AvgIpc) is 3.39. The van der Waals surface area contributed by atoms with Gasteiger partial charge in [0.05, 0.1) is 17.7 Å². The third-order valence-corrected chi connectivity index (χ3v) is 7.19. The van der Waals surface area contributed by atoms with Crippen molar-refractivity contribution in [3.8, 4) is 5.75 Å². The zero-order chi connectivity index (χ0) is 24.2. The van der Waals surface area contributed by atoms with E-state index in [-0.39, 0.29) is 18.2 Å². The Morgan fingerprint density at radius 3 is 2.46 bits per heavy atom. The summed E-state index contributed by atoms with van der Waals surface area (Å²) in [5, 5.41) is 9.29. The van der Waals surface area contributed by atoms with Gasteiger partial charge >= 0.3 is 0 Å². The van der Waals surface area contributed by atoms with Crippen LogP contribution in [0.4, 0.5) is 5.69 Å². The highest BCUT2D eigenvalue weighted by atomic mass is 16.5. The van der Waals surface area contributed by atoms with Crippen LogP contribution >= 0.6 is 0 Å². The normalized spacial score (nSPS) is 24.6. The topological polar surface area (TPSA) is 112 Å². The van der Waals surface area contributed by atoms with Gasteiger partial charge in [0.2, 0.25) is 5.91 Å². The van der Waals surface area contributed by atoms with E-state index in [4.69, 9.17) is 4.74 Å². The molecule has 0 aliphatic carbocycles. The van der Waals surface area contributed by atoms with Gasteiger partial charge in [-0.3, -0.25) is 24.2 Å². The zero-order valence-electron chi connectivity index (χ0n) is 18.9. The number of Topliss-reactive ketones (excluding diaryl/α,β-unsaturated/α-hetero) is 1. The molecule has 4 aliphatic rings. The van der Waals surface area contributed by atoms with Gasteiger partial charge in [-0.05, 0) is 24.3 Å². The Bertz CT molecular complexity index is 1250. The van der Waals surface area contributed by atoms with E-state index in [1.54, 1.807) is 47.4 Å². The summed E-state index contributed by atoms with van der Waals surface area (Å²) in [7, 11) is 0. The number of anilines is 1. The van der Waals surface area contributed by atoms with Gasteiger partial charge < -0.3 is 9.64 Å². The molecule has 4 aliphatic heterocycles. The molecule has 2 aromatic carbocycles. The summed E-state index contributed by atoms with van der Waals surface area (Å²) in [5.41, 5.74) is 0.472. The standard InChI is InChI=1S/C25H23N5O5/c31-18-14-25(35-19-9-5-4-8-17(18)19)10-12-28(13-11-25)20(32)15-29-22-21(26-27-29)23(33)30(24(22)34)16-6-2-1-3-7-16/h1-9,21-22H,10-15H2. The minimum Gasteiger partial charge on any atom is -0.486 e. The largest absolute Gasteiger partial charge is 0.486 e. The molecule has 2 fully saturated rings. The van der Waals surface area contributed by atoms with E-state index >= 15 is 0 Å². The van der Waals surface area contributed by atoms with Crippen LogP contribution in [0.3, 0.4) is 0 Å². The molecule has 2 unspecified atom stereocenters. The van der Waals surface area contributed by atoms with E-state index < -0.39 is 29.5 Å². The number of hydrogen-bond donors (Lipinski definition) is 0. The Kier molecular flexibility index (Phi) is 4.91. The summed E-state index contributed by atoms with van der Waals surface area (Å²) in [6, 6.07) is 14.0. The highest BCUT2D eigenvalue weighted by Gasteiger charge is 2.55. The van der Waals surface area contributed by atoms with E-state index in [1.807, 2.05) is 12.1 Å². The number of benzene rings is 2. The van der Waals surface area contributed by atoms with E-state index in [1.165, 1.54) is 5.01 Å². The Hall–Kier alpha value is -4.08. The van der Waals surface area contributed by atoms with Crippen molar-refractivity contribution >= 4 is 29.2 Å². The molecule has 10 heteroatoms. The maximum Gasteiger partial charge on any atom is 0.263 e. The average molecular weight is 473 g/mol. The van der Waals surface area contributed by atoms with Crippen LogP contribution in [0.5, 0.6) is 5.75 Å². The van der Waals surface area contributed by atoms with Crippen LogP contribution in [-0.2, 0) is 14.4 Å². The second-order valence-corrected chi connectivity index (χ2v) is 9.30. The molecule has 10 nitrogen and oxygen atoms in total. The van der Waals surface area contributed by atoms with Gasteiger partial charge in [0.25, 0.3) is 11.8 Å². The molecule has 35 heavy (non-hydrogen) atoms. The Morgan fingerprint density at radius 1 is 0.971 bits per heavy atom. The molecular weight excluding hydrogens is 450 g/mol. The first-order valence-electron chi connectivity index (χ1n) is 11.7. The lowest BCUT2D eigenvalue weighted by Gasteiger charge is -2.44.